The quantitative estimate of drug-likeness (QED) is 0.419. The highest BCUT2D eigenvalue weighted by Gasteiger charge is 2.10. The van der Waals surface area contributed by atoms with Crippen molar-refractivity contribution in [2.45, 2.75) is 32.6 Å². The van der Waals surface area contributed by atoms with E-state index in [9.17, 15) is 9.59 Å². The Morgan fingerprint density at radius 1 is 0.900 bits per heavy atom. The van der Waals surface area contributed by atoms with Gasteiger partial charge in [-0.15, -0.1) is 0 Å². The molecule has 0 saturated carbocycles. The first-order chi connectivity index (χ1) is 14.7. The number of hydrogen-bond donors (Lipinski definition) is 2. The van der Waals surface area contributed by atoms with Crippen LogP contribution in [0.15, 0.2) is 61.2 Å². The predicted molar refractivity (Wildman–Crippen MR) is 112 cm³/mol. The van der Waals surface area contributed by atoms with Crippen LogP contribution in [0.2, 0.25) is 0 Å². The van der Waals surface area contributed by atoms with E-state index in [1.807, 2.05) is 0 Å². The summed E-state index contributed by atoms with van der Waals surface area (Å²) in [5.74, 6) is -0.0999. The third kappa shape index (κ3) is 5.91. The third-order valence-electron chi connectivity index (χ3n) is 4.49. The van der Waals surface area contributed by atoms with Crippen LogP contribution in [0.5, 0.6) is 5.75 Å². The highest BCUT2D eigenvalue weighted by atomic mass is 16.5. The first kappa shape index (κ1) is 21.0. The summed E-state index contributed by atoms with van der Waals surface area (Å²) in [5, 5.41) is 4.03. The van der Waals surface area contributed by atoms with Gasteiger partial charge in [-0.2, -0.15) is 5.10 Å². The first-order valence-corrected chi connectivity index (χ1v) is 9.96. The molecular formula is C22H25N5O3. The van der Waals surface area contributed by atoms with Gasteiger partial charge in [-0.1, -0.05) is 26.2 Å². The summed E-state index contributed by atoms with van der Waals surface area (Å²) in [6.07, 6.45) is 7.57. The predicted octanol–water partition coefficient (Wildman–Crippen LogP) is 3.30. The zero-order chi connectivity index (χ0) is 21.2. The van der Waals surface area contributed by atoms with Crippen LogP contribution in [0.3, 0.4) is 0 Å². The molecule has 8 nitrogen and oxygen atoms in total. The molecule has 2 amide bonds. The SMILES string of the molecule is CCCCCCOc1ccc(C(=O)NNC(=O)c2ccc(-n3cncn3)cc2)cc1. The smallest absolute Gasteiger partial charge is 0.269 e. The summed E-state index contributed by atoms with van der Waals surface area (Å²) in [6, 6.07) is 13.6. The van der Waals surface area contributed by atoms with Gasteiger partial charge >= 0.3 is 0 Å². The van der Waals surface area contributed by atoms with E-state index in [0.717, 1.165) is 24.3 Å². The van der Waals surface area contributed by atoms with Gasteiger partial charge in [-0.05, 0) is 55.0 Å². The van der Waals surface area contributed by atoms with Crippen LogP contribution < -0.4 is 15.6 Å². The van der Waals surface area contributed by atoms with Gasteiger partial charge in [0.1, 0.15) is 18.4 Å². The van der Waals surface area contributed by atoms with Crippen molar-refractivity contribution in [3.63, 3.8) is 0 Å². The summed E-state index contributed by atoms with van der Waals surface area (Å²) < 4.78 is 7.25. The van der Waals surface area contributed by atoms with E-state index in [2.05, 4.69) is 27.9 Å². The summed E-state index contributed by atoms with van der Waals surface area (Å²) >= 11 is 0. The number of aromatic nitrogens is 3. The van der Waals surface area contributed by atoms with E-state index >= 15 is 0 Å². The molecule has 3 rings (SSSR count). The van der Waals surface area contributed by atoms with Crippen LogP contribution >= 0.6 is 0 Å². The van der Waals surface area contributed by atoms with Gasteiger partial charge < -0.3 is 4.74 Å². The second-order valence-electron chi connectivity index (χ2n) is 6.73. The monoisotopic (exact) mass is 407 g/mol. The van der Waals surface area contributed by atoms with E-state index in [1.54, 1.807) is 59.5 Å². The average molecular weight is 407 g/mol. The fraction of sp³-hybridized carbons (Fsp3) is 0.273. The molecule has 3 aromatic rings. The van der Waals surface area contributed by atoms with E-state index in [4.69, 9.17) is 4.74 Å². The molecule has 0 saturated heterocycles. The lowest BCUT2D eigenvalue weighted by Crippen LogP contribution is -2.41. The molecular weight excluding hydrogens is 382 g/mol. The fourth-order valence-corrected chi connectivity index (χ4v) is 2.79. The molecule has 0 aliphatic carbocycles. The van der Waals surface area contributed by atoms with Gasteiger partial charge in [0.25, 0.3) is 11.8 Å². The molecule has 1 heterocycles. The van der Waals surface area contributed by atoms with E-state index < -0.39 is 11.8 Å². The van der Waals surface area contributed by atoms with Crippen molar-refractivity contribution in [1.29, 1.82) is 0 Å². The maximum atomic E-state index is 12.2. The average Bonchev–Trinajstić information content (AvgIpc) is 3.33. The van der Waals surface area contributed by atoms with Crippen molar-refractivity contribution >= 4 is 11.8 Å². The number of amides is 2. The maximum absolute atomic E-state index is 12.2. The van der Waals surface area contributed by atoms with Crippen molar-refractivity contribution in [3.05, 3.63) is 72.3 Å². The zero-order valence-electron chi connectivity index (χ0n) is 16.9. The van der Waals surface area contributed by atoms with Gasteiger partial charge in [0, 0.05) is 11.1 Å². The molecule has 2 aromatic carbocycles. The summed E-state index contributed by atoms with van der Waals surface area (Å²) in [4.78, 5) is 28.4. The number of ether oxygens (including phenoxy) is 1. The second kappa shape index (κ2) is 10.8. The minimum Gasteiger partial charge on any atom is -0.494 e. The highest BCUT2D eigenvalue weighted by molar-refractivity contribution is 5.99. The molecule has 0 fully saturated rings. The largest absolute Gasteiger partial charge is 0.494 e. The Hall–Kier alpha value is -3.68. The fourth-order valence-electron chi connectivity index (χ4n) is 2.79. The van der Waals surface area contributed by atoms with Gasteiger partial charge in [-0.25, -0.2) is 9.67 Å². The molecule has 8 heteroatoms. The van der Waals surface area contributed by atoms with Gasteiger partial charge in [-0.3, -0.25) is 20.4 Å². The van der Waals surface area contributed by atoms with Crippen molar-refractivity contribution in [2.75, 3.05) is 6.61 Å². The number of carbonyl (C=O) groups excluding carboxylic acids is 2. The van der Waals surface area contributed by atoms with Crippen molar-refractivity contribution in [2.24, 2.45) is 0 Å². The van der Waals surface area contributed by atoms with Crippen molar-refractivity contribution in [1.82, 2.24) is 25.6 Å². The van der Waals surface area contributed by atoms with Crippen molar-refractivity contribution in [3.8, 4) is 11.4 Å². The molecule has 0 atom stereocenters. The molecule has 0 unspecified atom stereocenters. The Bertz CT molecular complexity index is 938. The van der Waals surface area contributed by atoms with Crippen LogP contribution in [0.1, 0.15) is 53.3 Å². The number of hydrazine groups is 1. The third-order valence-corrected chi connectivity index (χ3v) is 4.49. The Balaban J connectivity index is 1.46. The Labute approximate surface area is 175 Å². The van der Waals surface area contributed by atoms with Crippen LogP contribution in [0.25, 0.3) is 5.69 Å². The topological polar surface area (TPSA) is 98.1 Å². The summed E-state index contributed by atoms with van der Waals surface area (Å²) in [7, 11) is 0. The standard InChI is InChI=1S/C22H25N5O3/c1-2-3-4-5-14-30-20-12-8-18(9-13-20)22(29)26-25-21(28)17-6-10-19(11-7-17)27-16-23-15-24-27/h6-13,15-16H,2-5,14H2,1H3,(H,25,28)(H,26,29). The lowest BCUT2D eigenvalue weighted by molar-refractivity contribution is 0.0846. The second-order valence-corrected chi connectivity index (χ2v) is 6.73. The van der Waals surface area contributed by atoms with Crippen LogP contribution in [0, 0.1) is 0 Å². The lowest BCUT2D eigenvalue weighted by Gasteiger charge is -2.09. The number of unbranched alkanes of at least 4 members (excludes halogenated alkanes) is 3. The Kier molecular flexibility index (Phi) is 7.54. The van der Waals surface area contributed by atoms with Gasteiger partial charge in [0.15, 0.2) is 0 Å². The molecule has 156 valence electrons. The molecule has 0 aliphatic rings. The lowest BCUT2D eigenvalue weighted by atomic mass is 10.2. The van der Waals surface area contributed by atoms with Crippen LogP contribution in [-0.4, -0.2) is 33.2 Å². The zero-order valence-corrected chi connectivity index (χ0v) is 16.9. The number of hydrogen-bond acceptors (Lipinski definition) is 5. The number of nitrogens with zero attached hydrogens (tertiary/aromatic N) is 3. The molecule has 0 spiro atoms. The molecule has 30 heavy (non-hydrogen) atoms. The van der Waals surface area contributed by atoms with E-state index in [-0.39, 0.29) is 0 Å². The van der Waals surface area contributed by atoms with E-state index in [0.29, 0.717) is 17.7 Å². The number of carbonyl (C=O) groups is 2. The van der Waals surface area contributed by atoms with Crippen LogP contribution in [0.4, 0.5) is 0 Å². The first-order valence-electron chi connectivity index (χ1n) is 9.96. The highest BCUT2D eigenvalue weighted by Crippen LogP contribution is 2.13. The molecule has 0 aliphatic heterocycles. The van der Waals surface area contributed by atoms with Crippen molar-refractivity contribution < 1.29 is 14.3 Å². The Morgan fingerprint density at radius 3 is 2.10 bits per heavy atom. The summed E-state index contributed by atoms with van der Waals surface area (Å²) in [6.45, 7) is 2.83. The molecule has 0 bridgehead atoms. The summed E-state index contributed by atoms with van der Waals surface area (Å²) in [5.41, 5.74) is 6.45. The molecule has 2 N–H and O–H groups in total. The molecule has 1 aromatic heterocycles. The number of rotatable bonds is 9. The van der Waals surface area contributed by atoms with Gasteiger partial charge in [0.05, 0.1) is 12.3 Å². The number of benzene rings is 2. The maximum Gasteiger partial charge on any atom is 0.269 e. The van der Waals surface area contributed by atoms with Gasteiger partial charge in [0.2, 0.25) is 0 Å². The minimum absolute atomic E-state index is 0.405. The normalized spacial score (nSPS) is 10.4. The number of nitrogens with one attached hydrogen (secondary N) is 2. The Morgan fingerprint density at radius 2 is 1.53 bits per heavy atom. The van der Waals surface area contributed by atoms with E-state index in [1.165, 1.54) is 19.2 Å². The molecule has 0 radical (unpaired) electrons. The van der Waals surface area contributed by atoms with Crippen LogP contribution in [-0.2, 0) is 0 Å². The minimum atomic E-state index is -0.416.